The van der Waals surface area contributed by atoms with Crippen molar-refractivity contribution < 1.29 is 15.0 Å². The molecule has 2 aromatic carbocycles. The van der Waals surface area contributed by atoms with E-state index < -0.39 is 5.97 Å². The Hall–Kier alpha value is -2.39. The molecule has 0 bridgehead atoms. The summed E-state index contributed by atoms with van der Waals surface area (Å²) in [7, 11) is 0. The van der Waals surface area contributed by atoms with Gasteiger partial charge in [0.2, 0.25) is 0 Å². The predicted octanol–water partition coefficient (Wildman–Crippen LogP) is 5.75. The van der Waals surface area contributed by atoms with E-state index in [2.05, 4.69) is 45.9 Å². The number of rotatable bonds is 5. The molecule has 1 aliphatic rings. The quantitative estimate of drug-likeness (QED) is 0.637. The molecule has 0 heterocycles. The van der Waals surface area contributed by atoms with Crippen molar-refractivity contribution in [3.8, 4) is 0 Å². The fourth-order valence-corrected chi connectivity index (χ4v) is 4.38. The molecule has 0 aliphatic heterocycles. The number of hydrogen-bond acceptors (Lipinski definition) is 2. The Bertz CT molecular complexity index is 964. The van der Waals surface area contributed by atoms with Crippen LogP contribution in [0, 0.1) is 6.92 Å². The summed E-state index contributed by atoms with van der Waals surface area (Å²) >= 11 is 0. The lowest BCUT2D eigenvalue weighted by atomic mass is 9.62. The van der Waals surface area contributed by atoms with Gasteiger partial charge in [-0.05, 0) is 76.5 Å². The average Bonchev–Trinajstić information content (AvgIpc) is 2.64. The molecule has 0 fully saturated rings. The minimum atomic E-state index is -0.900. The minimum absolute atomic E-state index is 0.121. The Morgan fingerprint density at radius 3 is 2.17 bits per heavy atom. The highest BCUT2D eigenvalue weighted by atomic mass is 16.4. The molecule has 1 aliphatic carbocycles. The molecule has 29 heavy (non-hydrogen) atoms. The van der Waals surface area contributed by atoms with E-state index in [4.69, 9.17) is 0 Å². The molecule has 0 saturated heterocycles. The highest BCUT2D eigenvalue weighted by Crippen LogP contribution is 2.46. The highest BCUT2D eigenvalue weighted by molar-refractivity contribution is 5.90. The Labute approximate surface area is 174 Å². The number of fused-ring (bicyclic) bond motifs is 1. The van der Waals surface area contributed by atoms with Crippen molar-refractivity contribution in [3.05, 3.63) is 69.3 Å². The number of benzene rings is 2. The van der Waals surface area contributed by atoms with Gasteiger partial charge in [0, 0.05) is 6.61 Å². The van der Waals surface area contributed by atoms with E-state index in [1.54, 1.807) is 6.07 Å². The number of carbonyl (C=O) groups is 1. The zero-order valence-electron chi connectivity index (χ0n) is 18.2. The second-order valence-corrected chi connectivity index (χ2v) is 9.55. The van der Waals surface area contributed by atoms with Crippen LogP contribution in [-0.2, 0) is 17.3 Å². The van der Waals surface area contributed by atoms with Gasteiger partial charge in [0.1, 0.15) is 0 Å². The van der Waals surface area contributed by atoms with Crippen LogP contribution in [-0.4, -0.2) is 22.8 Å². The van der Waals surface area contributed by atoms with E-state index in [0.29, 0.717) is 12.0 Å². The molecule has 0 radical (unpaired) electrons. The SMILES string of the molecule is Cc1cc(/C=C/c2cc3c(cc2CCO)C(C)(C)CCC3(C)C)ccc1C(=O)O. The molecule has 0 unspecified atom stereocenters. The lowest BCUT2D eigenvalue weighted by molar-refractivity contribution is 0.0696. The summed E-state index contributed by atoms with van der Waals surface area (Å²) in [5.41, 5.74) is 7.41. The zero-order valence-corrected chi connectivity index (χ0v) is 18.2. The first-order valence-corrected chi connectivity index (χ1v) is 10.4. The number of aliphatic hydroxyl groups is 1. The molecule has 0 aromatic heterocycles. The maximum absolute atomic E-state index is 11.2. The van der Waals surface area contributed by atoms with Crippen LogP contribution in [0.1, 0.15) is 84.3 Å². The summed E-state index contributed by atoms with van der Waals surface area (Å²) in [5.74, 6) is -0.900. The second-order valence-electron chi connectivity index (χ2n) is 9.55. The van der Waals surface area contributed by atoms with Gasteiger partial charge in [0.15, 0.2) is 0 Å². The van der Waals surface area contributed by atoms with Crippen molar-refractivity contribution in [3.63, 3.8) is 0 Å². The first kappa shape index (κ1) is 21.3. The van der Waals surface area contributed by atoms with Gasteiger partial charge >= 0.3 is 5.97 Å². The van der Waals surface area contributed by atoms with Crippen LogP contribution in [0.4, 0.5) is 0 Å². The number of carboxylic acids is 1. The molecule has 3 rings (SSSR count). The van der Waals surface area contributed by atoms with Crippen molar-refractivity contribution >= 4 is 18.1 Å². The predicted molar refractivity (Wildman–Crippen MR) is 120 cm³/mol. The van der Waals surface area contributed by atoms with Gasteiger partial charge in [0.05, 0.1) is 5.56 Å². The summed E-state index contributed by atoms with van der Waals surface area (Å²) < 4.78 is 0. The molecular weight excluding hydrogens is 360 g/mol. The van der Waals surface area contributed by atoms with Gasteiger partial charge in [0.25, 0.3) is 0 Å². The molecule has 0 amide bonds. The summed E-state index contributed by atoms with van der Waals surface area (Å²) in [5, 5.41) is 18.8. The average molecular weight is 393 g/mol. The van der Waals surface area contributed by atoms with Gasteiger partial charge in [-0.25, -0.2) is 4.79 Å². The van der Waals surface area contributed by atoms with Crippen LogP contribution in [0.15, 0.2) is 30.3 Å². The fraction of sp³-hybridized carbons (Fsp3) is 0.423. The molecule has 3 nitrogen and oxygen atoms in total. The highest BCUT2D eigenvalue weighted by Gasteiger charge is 2.37. The van der Waals surface area contributed by atoms with Gasteiger partial charge in [-0.2, -0.15) is 0 Å². The molecule has 0 saturated carbocycles. The maximum atomic E-state index is 11.2. The standard InChI is InChI=1S/C26H32O3/c1-17-14-18(7-9-21(17)24(28)29)6-8-19-15-22-23(16-20(19)10-13-27)26(4,5)12-11-25(22,2)3/h6-9,14-16,27H,10-13H2,1-5H3,(H,28,29)/b8-6+. The van der Waals surface area contributed by atoms with Gasteiger partial charge in [-0.1, -0.05) is 64.1 Å². The lowest BCUT2D eigenvalue weighted by Gasteiger charge is -2.42. The van der Waals surface area contributed by atoms with Crippen LogP contribution in [0.3, 0.4) is 0 Å². The van der Waals surface area contributed by atoms with E-state index in [9.17, 15) is 15.0 Å². The van der Waals surface area contributed by atoms with Gasteiger partial charge in [-0.15, -0.1) is 0 Å². The molecule has 0 spiro atoms. The molecule has 2 aromatic rings. The van der Waals surface area contributed by atoms with Gasteiger partial charge in [-0.3, -0.25) is 0 Å². The molecule has 154 valence electrons. The third-order valence-corrected chi connectivity index (χ3v) is 6.43. The molecular formula is C26H32O3. The summed E-state index contributed by atoms with van der Waals surface area (Å²) in [6, 6.07) is 9.99. The third-order valence-electron chi connectivity index (χ3n) is 6.43. The third kappa shape index (κ3) is 4.30. The van der Waals surface area contributed by atoms with Crippen LogP contribution >= 0.6 is 0 Å². The number of aliphatic hydroxyl groups excluding tert-OH is 1. The first-order chi connectivity index (χ1) is 13.5. The van der Waals surface area contributed by atoms with E-state index in [-0.39, 0.29) is 17.4 Å². The van der Waals surface area contributed by atoms with Crippen molar-refractivity contribution in [2.24, 2.45) is 0 Å². The zero-order chi connectivity index (χ0) is 21.4. The second kappa shape index (κ2) is 7.79. The van der Waals surface area contributed by atoms with Crippen molar-refractivity contribution in [2.45, 2.75) is 64.7 Å². The lowest BCUT2D eigenvalue weighted by Crippen LogP contribution is -2.34. The fourth-order valence-electron chi connectivity index (χ4n) is 4.38. The van der Waals surface area contributed by atoms with Crippen molar-refractivity contribution in [2.75, 3.05) is 6.61 Å². The number of aryl methyl sites for hydroxylation is 1. The van der Waals surface area contributed by atoms with Crippen molar-refractivity contribution in [1.29, 1.82) is 0 Å². The Balaban J connectivity index is 2.06. The Morgan fingerprint density at radius 1 is 1.00 bits per heavy atom. The minimum Gasteiger partial charge on any atom is -0.478 e. The van der Waals surface area contributed by atoms with E-state index in [0.717, 1.165) is 35.1 Å². The van der Waals surface area contributed by atoms with E-state index in [1.807, 2.05) is 25.1 Å². The number of hydrogen-bond donors (Lipinski definition) is 2. The van der Waals surface area contributed by atoms with Gasteiger partial charge < -0.3 is 10.2 Å². The smallest absolute Gasteiger partial charge is 0.335 e. The van der Waals surface area contributed by atoms with Crippen LogP contribution in [0.25, 0.3) is 12.2 Å². The maximum Gasteiger partial charge on any atom is 0.335 e. The molecule has 3 heteroatoms. The summed E-state index contributed by atoms with van der Waals surface area (Å²) in [6.45, 7) is 11.2. The van der Waals surface area contributed by atoms with E-state index >= 15 is 0 Å². The van der Waals surface area contributed by atoms with Crippen LogP contribution in [0.2, 0.25) is 0 Å². The summed E-state index contributed by atoms with van der Waals surface area (Å²) in [4.78, 5) is 11.2. The molecule has 0 atom stereocenters. The van der Waals surface area contributed by atoms with Crippen LogP contribution in [0.5, 0.6) is 0 Å². The summed E-state index contributed by atoms with van der Waals surface area (Å²) in [6.07, 6.45) is 7.07. The molecule has 2 N–H and O–H groups in total. The van der Waals surface area contributed by atoms with E-state index in [1.165, 1.54) is 11.1 Å². The number of carboxylic acid groups (broad SMARTS) is 1. The monoisotopic (exact) mass is 392 g/mol. The Kier molecular flexibility index (Phi) is 5.73. The topological polar surface area (TPSA) is 57.5 Å². The van der Waals surface area contributed by atoms with Crippen LogP contribution < -0.4 is 0 Å². The Morgan fingerprint density at radius 2 is 1.62 bits per heavy atom. The number of aromatic carboxylic acids is 1. The largest absolute Gasteiger partial charge is 0.478 e. The van der Waals surface area contributed by atoms with Crippen molar-refractivity contribution in [1.82, 2.24) is 0 Å². The normalized spacial score (nSPS) is 17.3. The first-order valence-electron chi connectivity index (χ1n) is 10.4.